The van der Waals surface area contributed by atoms with E-state index in [9.17, 15) is 9.59 Å². The van der Waals surface area contributed by atoms with Crippen LogP contribution in [0.4, 0.5) is 5.82 Å². The number of rotatable bonds is 10. The van der Waals surface area contributed by atoms with Crippen LogP contribution < -0.4 is 15.9 Å². The second-order valence-corrected chi connectivity index (χ2v) is 12.3. The minimum atomic E-state index is -0.417. The van der Waals surface area contributed by atoms with Gasteiger partial charge in [0.15, 0.2) is 11.6 Å². The van der Waals surface area contributed by atoms with Crippen LogP contribution in [0.5, 0.6) is 5.75 Å². The van der Waals surface area contributed by atoms with Crippen LogP contribution in [0.25, 0.3) is 31.4 Å². The number of aryl methyl sites for hydroxylation is 1. The highest BCUT2D eigenvalue weighted by atomic mass is 35.5. The van der Waals surface area contributed by atoms with Gasteiger partial charge in [0.05, 0.1) is 10.3 Å². The third-order valence-electron chi connectivity index (χ3n) is 7.55. The molecule has 0 bridgehead atoms. The third-order valence-corrected chi connectivity index (χ3v) is 9.65. The number of amides is 2. The fourth-order valence-electron chi connectivity index (χ4n) is 5.23. The first-order chi connectivity index (χ1) is 20.4. The highest BCUT2D eigenvalue weighted by Gasteiger charge is 2.30. The van der Waals surface area contributed by atoms with E-state index in [1.54, 1.807) is 18.3 Å². The summed E-state index contributed by atoms with van der Waals surface area (Å²) < 4.78 is 6.07. The number of hydrogen-bond acceptors (Lipinski definition) is 11. The summed E-state index contributed by atoms with van der Waals surface area (Å²) in [5.41, 5.74) is 11.1. The second kappa shape index (κ2) is 13.5. The van der Waals surface area contributed by atoms with Crippen LogP contribution in [-0.4, -0.2) is 89.0 Å². The molecule has 1 aromatic carbocycles. The van der Waals surface area contributed by atoms with Gasteiger partial charge in [0, 0.05) is 62.3 Å². The van der Waals surface area contributed by atoms with Crippen LogP contribution >= 0.6 is 35.1 Å². The third kappa shape index (κ3) is 6.59. The predicted molar refractivity (Wildman–Crippen MR) is 175 cm³/mol. The quantitative estimate of drug-likeness (QED) is 0.243. The number of carbonyl (C=O) groups excluding carboxylic acids is 2. The number of fused-ring (bicyclic) bond motifs is 1. The number of ether oxygens (including phenoxy) is 1. The van der Waals surface area contributed by atoms with E-state index in [0.29, 0.717) is 30.4 Å². The average molecular weight is 640 g/mol. The van der Waals surface area contributed by atoms with Crippen LogP contribution in [0.3, 0.4) is 0 Å². The maximum atomic E-state index is 12.6. The Labute approximate surface area is 264 Å². The van der Waals surface area contributed by atoms with Gasteiger partial charge >= 0.3 is 0 Å². The summed E-state index contributed by atoms with van der Waals surface area (Å²) in [6.45, 7) is 11.0. The molecule has 4 aromatic rings. The summed E-state index contributed by atoms with van der Waals surface area (Å²) in [5, 5.41) is 3.76. The normalized spacial score (nSPS) is 16.1. The molecule has 0 aliphatic carbocycles. The van der Waals surface area contributed by atoms with E-state index < -0.39 is 5.91 Å². The Morgan fingerprint density at radius 2 is 1.72 bits per heavy atom. The van der Waals surface area contributed by atoms with Gasteiger partial charge in [-0.3, -0.25) is 24.8 Å². The van der Waals surface area contributed by atoms with Crippen LogP contribution in [0.15, 0.2) is 53.4 Å². The highest BCUT2D eigenvalue weighted by Crippen LogP contribution is 2.42. The zero-order valence-corrected chi connectivity index (χ0v) is 26.5. The molecule has 1 fully saturated rings. The monoisotopic (exact) mass is 639 g/mol. The Balaban J connectivity index is 0.00000368. The molecule has 6 rings (SSSR count). The second-order valence-electron chi connectivity index (χ2n) is 10.4. The van der Waals surface area contributed by atoms with E-state index in [1.165, 1.54) is 17.4 Å². The lowest BCUT2D eigenvalue weighted by Crippen LogP contribution is -2.48. The molecule has 1 saturated heterocycles. The first-order valence-corrected chi connectivity index (χ1v) is 15.7. The molecule has 3 aromatic heterocycles. The van der Waals surface area contributed by atoms with Gasteiger partial charge in [-0.2, -0.15) is 5.01 Å². The van der Waals surface area contributed by atoms with Gasteiger partial charge in [0.1, 0.15) is 17.2 Å². The summed E-state index contributed by atoms with van der Waals surface area (Å²) in [7, 11) is 0. The van der Waals surface area contributed by atoms with E-state index in [1.807, 2.05) is 36.6 Å². The van der Waals surface area contributed by atoms with E-state index in [2.05, 4.69) is 27.4 Å². The lowest BCUT2D eigenvalue weighted by atomic mass is 10.1. The van der Waals surface area contributed by atoms with E-state index >= 15 is 0 Å². The molecule has 10 nitrogen and oxygen atoms in total. The number of piperazine rings is 1. The van der Waals surface area contributed by atoms with Gasteiger partial charge in [-0.05, 0) is 60.7 Å². The van der Waals surface area contributed by atoms with Crippen LogP contribution in [0.2, 0.25) is 0 Å². The van der Waals surface area contributed by atoms with Crippen molar-refractivity contribution in [3.05, 3.63) is 59.0 Å². The van der Waals surface area contributed by atoms with Crippen molar-refractivity contribution in [3.63, 3.8) is 0 Å². The maximum Gasteiger partial charge on any atom is 0.275 e. The number of imide groups is 1. The molecule has 2 aliphatic rings. The molecule has 3 N–H and O–H groups in total. The van der Waals surface area contributed by atoms with Crippen molar-refractivity contribution in [1.82, 2.24) is 24.8 Å². The summed E-state index contributed by atoms with van der Waals surface area (Å²) in [4.78, 5) is 42.3. The Bertz CT molecular complexity index is 1630. The SMILES string of the molecule is CC1=CC(=O)N(Nc2nc(-c3cccs3)nc3sc(-c4ccc(OCCN5CCN(CCN)CC5)cc4)c(C)c23)C1=O.Cl. The van der Waals surface area contributed by atoms with Gasteiger partial charge < -0.3 is 10.5 Å². The first kappa shape index (κ1) is 31.0. The van der Waals surface area contributed by atoms with Crippen LogP contribution in [0, 0.1) is 6.92 Å². The minimum absolute atomic E-state index is 0. The van der Waals surface area contributed by atoms with Gasteiger partial charge in [0.2, 0.25) is 0 Å². The fraction of sp³-hybridized carbons (Fsp3) is 0.333. The number of nitrogens with zero attached hydrogens (tertiary/aromatic N) is 5. The van der Waals surface area contributed by atoms with E-state index in [0.717, 1.165) is 81.1 Å². The first-order valence-electron chi connectivity index (χ1n) is 14.0. The molecule has 0 saturated carbocycles. The van der Waals surface area contributed by atoms with Crippen molar-refractivity contribution in [3.8, 4) is 26.9 Å². The van der Waals surface area contributed by atoms with Gasteiger partial charge in [0.25, 0.3) is 11.8 Å². The highest BCUT2D eigenvalue weighted by molar-refractivity contribution is 7.22. The number of anilines is 1. The Hall–Kier alpha value is -3.39. The molecule has 0 radical (unpaired) electrons. The Morgan fingerprint density at radius 1 is 1.00 bits per heavy atom. The zero-order valence-electron chi connectivity index (χ0n) is 24.0. The molecule has 0 spiro atoms. The molecule has 13 heteroatoms. The lowest BCUT2D eigenvalue weighted by molar-refractivity contribution is -0.135. The molecule has 2 aliphatic heterocycles. The van der Waals surface area contributed by atoms with Crippen molar-refractivity contribution in [1.29, 1.82) is 0 Å². The van der Waals surface area contributed by atoms with Crippen molar-refractivity contribution < 1.29 is 14.3 Å². The summed E-state index contributed by atoms with van der Waals surface area (Å²) in [6.07, 6.45) is 1.33. The van der Waals surface area contributed by atoms with E-state index in [-0.39, 0.29) is 18.3 Å². The summed E-state index contributed by atoms with van der Waals surface area (Å²) in [5.74, 6) is 0.995. The maximum absolute atomic E-state index is 12.6. The van der Waals surface area contributed by atoms with Gasteiger partial charge in [-0.1, -0.05) is 6.07 Å². The number of carbonyl (C=O) groups is 2. The fourth-order valence-corrected chi connectivity index (χ4v) is 7.07. The smallest absolute Gasteiger partial charge is 0.275 e. The standard InChI is InChI=1S/C30H33N7O3S2.ClH/c1-19-18-24(38)37(30(19)39)34-28-25-20(2)26(42-29(25)33-27(32-28)23-4-3-17-41-23)21-5-7-22(8-6-21)40-16-15-36-13-11-35(10-9-31)12-14-36;/h3-8,17-18H,9-16,31H2,1-2H3,(H,32,33,34);1H. The number of benzene rings is 1. The summed E-state index contributed by atoms with van der Waals surface area (Å²) in [6, 6.07) is 12.0. The van der Waals surface area contributed by atoms with Crippen molar-refractivity contribution in [2.75, 3.05) is 57.8 Å². The number of hydrazine groups is 1. The van der Waals surface area contributed by atoms with Crippen molar-refractivity contribution >= 4 is 62.9 Å². The Morgan fingerprint density at radius 3 is 2.35 bits per heavy atom. The molecule has 5 heterocycles. The topological polar surface area (TPSA) is 117 Å². The Kier molecular flexibility index (Phi) is 9.75. The largest absolute Gasteiger partial charge is 0.492 e. The number of thiophene rings is 2. The van der Waals surface area contributed by atoms with E-state index in [4.69, 9.17) is 20.4 Å². The molecule has 0 unspecified atom stereocenters. The lowest BCUT2D eigenvalue weighted by Gasteiger charge is -2.34. The number of nitrogens with two attached hydrogens (primary N) is 1. The molecule has 0 atom stereocenters. The average Bonchev–Trinajstić information content (AvgIpc) is 3.70. The summed E-state index contributed by atoms with van der Waals surface area (Å²) >= 11 is 3.10. The number of nitrogens with one attached hydrogen (secondary N) is 1. The number of aromatic nitrogens is 2. The molecular formula is C30H34ClN7O3S2. The zero-order chi connectivity index (χ0) is 29.2. The molecular weight excluding hydrogens is 606 g/mol. The van der Waals surface area contributed by atoms with Gasteiger partial charge in [-0.15, -0.1) is 35.1 Å². The van der Waals surface area contributed by atoms with Gasteiger partial charge in [-0.25, -0.2) is 9.97 Å². The number of halogens is 1. The van der Waals surface area contributed by atoms with Crippen LogP contribution in [0.1, 0.15) is 12.5 Å². The number of hydrogen-bond donors (Lipinski definition) is 2. The molecule has 2 amide bonds. The molecule has 43 heavy (non-hydrogen) atoms. The predicted octanol–water partition coefficient (Wildman–Crippen LogP) is 4.41. The van der Waals surface area contributed by atoms with Crippen molar-refractivity contribution in [2.24, 2.45) is 5.73 Å². The minimum Gasteiger partial charge on any atom is -0.492 e. The molecule has 226 valence electrons. The van der Waals surface area contributed by atoms with Crippen LogP contribution in [-0.2, 0) is 9.59 Å². The van der Waals surface area contributed by atoms with Crippen molar-refractivity contribution in [2.45, 2.75) is 13.8 Å².